The second kappa shape index (κ2) is 4.98. The summed E-state index contributed by atoms with van der Waals surface area (Å²) in [6, 6.07) is 0.889. The molecule has 3 unspecified atom stereocenters. The molecule has 112 valence electrons. The Balaban J connectivity index is 1.96. The molecule has 1 aromatic rings. The molecule has 7 nitrogen and oxygen atoms in total. The van der Waals surface area contributed by atoms with E-state index in [0.29, 0.717) is 23.8 Å². The number of carboxylic acid groups (broad SMARTS) is 1. The van der Waals surface area contributed by atoms with Crippen LogP contribution in [0, 0.1) is 28.9 Å². The molecule has 0 aromatic carbocycles. The lowest BCUT2D eigenvalue weighted by Gasteiger charge is -2.26. The number of fused-ring (bicyclic) bond motifs is 1. The van der Waals surface area contributed by atoms with Crippen LogP contribution in [0.4, 0.5) is 11.5 Å². The summed E-state index contributed by atoms with van der Waals surface area (Å²) in [7, 11) is 0. The average molecular weight is 291 g/mol. The fraction of sp³-hybridized carbons (Fsp3) is 0.571. The van der Waals surface area contributed by atoms with Gasteiger partial charge in [0.2, 0.25) is 0 Å². The molecule has 3 atom stereocenters. The zero-order chi connectivity index (χ0) is 15.1. The molecule has 7 heteroatoms. The quantitative estimate of drug-likeness (QED) is 0.675. The standard InChI is InChI=1S/C14H17N3O4/c1-8-5-10(17(20)21)6-15-13(8)16-7-9-3-2-4-11(9)12(16)14(18)19/h5-6,9,11-12H,2-4,7H2,1H3,(H,18,19). The van der Waals surface area contributed by atoms with E-state index in [4.69, 9.17) is 0 Å². The minimum atomic E-state index is -0.830. The van der Waals surface area contributed by atoms with Gasteiger partial charge in [-0.25, -0.2) is 9.78 Å². The van der Waals surface area contributed by atoms with Gasteiger partial charge in [-0.3, -0.25) is 10.1 Å². The van der Waals surface area contributed by atoms with Crippen molar-refractivity contribution in [2.45, 2.75) is 32.2 Å². The SMILES string of the molecule is Cc1cc([N+](=O)[O-])cnc1N1CC2CCCC2C1C(=O)O. The molecular formula is C14H17N3O4. The fourth-order valence-corrected chi connectivity index (χ4v) is 3.79. The number of aryl methyl sites for hydroxylation is 1. The molecule has 21 heavy (non-hydrogen) atoms. The summed E-state index contributed by atoms with van der Waals surface area (Å²) in [5, 5.41) is 20.3. The molecule has 1 saturated heterocycles. The van der Waals surface area contributed by atoms with Gasteiger partial charge in [-0.2, -0.15) is 0 Å². The number of nitro groups is 1. The normalized spacial score (nSPS) is 27.7. The zero-order valence-electron chi connectivity index (χ0n) is 11.7. The molecule has 1 saturated carbocycles. The van der Waals surface area contributed by atoms with E-state index < -0.39 is 16.9 Å². The Bertz CT molecular complexity index is 604. The van der Waals surface area contributed by atoms with Crippen molar-refractivity contribution in [1.82, 2.24) is 4.98 Å². The second-order valence-electron chi connectivity index (χ2n) is 5.88. The highest BCUT2D eigenvalue weighted by molar-refractivity contribution is 5.79. The van der Waals surface area contributed by atoms with E-state index in [9.17, 15) is 20.0 Å². The van der Waals surface area contributed by atoms with Gasteiger partial charge in [0.25, 0.3) is 5.69 Å². The molecule has 0 radical (unpaired) electrons. The maximum atomic E-state index is 11.6. The van der Waals surface area contributed by atoms with Crippen LogP contribution in [-0.4, -0.2) is 33.6 Å². The number of rotatable bonds is 3. The van der Waals surface area contributed by atoms with Gasteiger partial charge in [-0.15, -0.1) is 0 Å². The number of hydrogen-bond acceptors (Lipinski definition) is 5. The highest BCUT2D eigenvalue weighted by Crippen LogP contribution is 2.44. The summed E-state index contributed by atoms with van der Waals surface area (Å²) < 4.78 is 0. The lowest BCUT2D eigenvalue weighted by atomic mass is 9.94. The van der Waals surface area contributed by atoms with E-state index in [1.165, 1.54) is 12.3 Å². The Kier molecular flexibility index (Phi) is 3.27. The summed E-state index contributed by atoms with van der Waals surface area (Å²) >= 11 is 0. The van der Waals surface area contributed by atoms with E-state index in [-0.39, 0.29) is 11.6 Å². The first-order valence-electron chi connectivity index (χ1n) is 7.09. The molecule has 1 aliphatic carbocycles. The van der Waals surface area contributed by atoms with E-state index in [2.05, 4.69) is 4.98 Å². The molecule has 1 aliphatic heterocycles. The molecule has 0 spiro atoms. The minimum absolute atomic E-state index is 0.0671. The minimum Gasteiger partial charge on any atom is -0.480 e. The third-order valence-electron chi connectivity index (χ3n) is 4.66. The number of carbonyl (C=O) groups is 1. The van der Waals surface area contributed by atoms with Crippen LogP contribution in [0.1, 0.15) is 24.8 Å². The number of hydrogen-bond donors (Lipinski definition) is 1. The molecule has 1 aromatic heterocycles. The third kappa shape index (κ3) is 2.22. The third-order valence-corrected chi connectivity index (χ3v) is 4.66. The van der Waals surface area contributed by atoms with Crippen molar-refractivity contribution in [1.29, 1.82) is 0 Å². The maximum absolute atomic E-state index is 11.6. The summed E-state index contributed by atoms with van der Waals surface area (Å²) in [5.41, 5.74) is 0.581. The monoisotopic (exact) mass is 291 g/mol. The molecule has 1 N–H and O–H groups in total. The van der Waals surface area contributed by atoms with Gasteiger partial charge in [0, 0.05) is 12.6 Å². The van der Waals surface area contributed by atoms with Crippen molar-refractivity contribution in [3.8, 4) is 0 Å². The molecule has 2 fully saturated rings. The Labute approximate surface area is 121 Å². The van der Waals surface area contributed by atoms with E-state index >= 15 is 0 Å². The van der Waals surface area contributed by atoms with Gasteiger partial charge in [-0.05, 0) is 37.2 Å². The number of carboxylic acids is 1. The first-order chi connectivity index (χ1) is 9.99. The maximum Gasteiger partial charge on any atom is 0.326 e. The molecule has 2 aliphatic rings. The number of nitrogens with zero attached hydrogens (tertiary/aromatic N) is 3. The Hall–Kier alpha value is -2.18. The number of pyridine rings is 1. The lowest BCUT2D eigenvalue weighted by Crippen LogP contribution is -2.40. The highest BCUT2D eigenvalue weighted by Gasteiger charge is 2.48. The van der Waals surface area contributed by atoms with Crippen LogP contribution in [0.25, 0.3) is 0 Å². The molecule has 3 rings (SSSR count). The van der Waals surface area contributed by atoms with E-state index in [1.54, 1.807) is 6.92 Å². The van der Waals surface area contributed by atoms with Crippen LogP contribution >= 0.6 is 0 Å². The number of aliphatic carboxylic acids is 1. The number of anilines is 1. The average Bonchev–Trinajstić information content (AvgIpc) is 2.97. The summed E-state index contributed by atoms with van der Waals surface area (Å²) in [4.78, 5) is 27.9. The lowest BCUT2D eigenvalue weighted by molar-refractivity contribution is -0.385. The molecule has 0 bridgehead atoms. The second-order valence-corrected chi connectivity index (χ2v) is 5.88. The first kappa shape index (κ1) is 13.8. The summed E-state index contributed by atoms with van der Waals surface area (Å²) in [5.74, 6) is 0.285. The molecule has 0 amide bonds. The van der Waals surface area contributed by atoms with Crippen LogP contribution in [0.5, 0.6) is 0 Å². The van der Waals surface area contributed by atoms with Crippen LogP contribution < -0.4 is 4.90 Å². The van der Waals surface area contributed by atoms with Crippen molar-refractivity contribution < 1.29 is 14.8 Å². The van der Waals surface area contributed by atoms with Crippen molar-refractivity contribution in [2.75, 3.05) is 11.4 Å². The van der Waals surface area contributed by atoms with Crippen LogP contribution in [-0.2, 0) is 4.79 Å². The van der Waals surface area contributed by atoms with Gasteiger partial charge in [0.1, 0.15) is 18.1 Å². The van der Waals surface area contributed by atoms with Gasteiger partial charge in [-0.1, -0.05) is 6.42 Å². The topological polar surface area (TPSA) is 96.6 Å². The van der Waals surface area contributed by atoms with Crippen LogP contribution in [0.15, 0.2) is 12.3 Å². The van der Waals surface area contributed by atoms with Crippen molar-refractivity contribution in [3.05, 3.63) is 27.9 Å². The smallest absolute Gasteiger partial charge is 0.326 e. The van der Waals surface area contributed by atoms with Crippen LogP contribution in [0.3, 0.4) is 0 Å². The fourth-order valence-electron chi connectivity index (χ4n) is 3.79. The van der Waals surface area contributed by atoms with Gasteiger partial charge >= 0.3 is 5.97 Å². The number of aromatic nitrogens is 1. The van der Waals surface area contributed by atoms with E-state index in [1.807, 2.05) is 4.90 Å². The van der Waals surface area contributed by atoms with Crippen molar-refractivity contribution >= 4 is 17.5 Å². The Morgan fingerprint density at radius 2 is 2.29 bits per heavy atom. The van der Waals surface area contributed by atoms with Crippen LogP contribution in [0.2, 0.25) is 0 Å². The van der Waals surface area contributed by atoms with Gasteiger partial charge in [0.15, 0.2) is 0 Å². The molecular weight excluding hydrogens is 274 g/mol. The molecule has 2 heterocycles. The zero-order valence-corrected chi connectivity index (χ0v) is 11.7. The van der Waals surface area contributed by atoms with Crippen molar-refractivity contribution in [3.63, 3.8) is 0 Å². The Morgan fingerprint density at radius 3 is 2.90 bits per heavy atom. The summed E-state index contributed by atoms with van der Waals surface area (Å²) in [6.45, 7) is 2.41. The Morgan fingerprint density at radius 1 is 1.52 bits per heavy atom. The summed E-state index contributed by atoms with van der Waals surface area (Å²) in [6.07, 6.45) is 4.27. The highest BCUT2D eigenvalue weighted by atomic mass is 16.6. The van der Waals surface area contributed by atoms with Gasteiger partial charge < -0.3 is 10.0 Å². The first-order valence-corrected chi connectivity index (χ1v) is 7.09. The van der Waals surface area contributed by atoms with Gasteiger partial charge in [0.05, 0.1) is 4.92 Å². The predicted octanol–water partition coefficient (Wildman–Crippen LogP) is 1.99. The largest absolute Gasteiger partial charge is 0.480 e. The predicted molar refractivity (Wildman–Crippen MR) is 75.2 cm³/mol. The van der Waals surface area contributed by atoms with Crippen molar-refractivity contribution in [2.24, 2.45) is 11.8 Å². The van der Waals surface area contributed by atoms with E-state index in [0.717, 1.165) is 19.3 Å².